The molecule has 7 nitrogen and oxygen atoms in total. The number of hydrogen-bond donors (Lipinski definition) is 1. The third kappa shape index (κ3) is 4.68. The second-order valence-electron chi connectivity index (χ2n) is 7.90. The number of hydrogen-bond acceptors (Lipinski definition) is 5. The normalized spacial score (nSPS) is 11.1. The van der Waals surface area contributed by atoms with Gasteiger partial charge in [0.15, 0.2) is 5.76 Å². The van der Waals surface area contributed by atoms with E-state index in [1.165, 1.54) is 0 Å². The molecule has 2 heterocycles. The number of carboxylic acids is 1. The van der Waals surface area contributed by atoms with E-state index < -0.39 is 5.97 Å². The van der Waals surface area contributed by atoms with E-state index in [1.54, 1.807) is 6.20 Å². The standard InChI is InChI=1S/C27H23N3O4/c31-25(32)12-7-15-30-24-16-22(14-13-21(24)17-28-30)33-18-23-26(19-8-3-1-4-9-19)34-27(29-23)20-10-5-2-6-11-20/h1-6,8-11,13-14,16-17H,7,12,15,18H2,(H,31,32). The van der Waals surface area contributed by atoms with Gasteiger partial charge in [0, 0.05) is 35.5 Å². The molecule has 0 fully saturated rings. The molecule has 5 aromatic rings. The lowest BCUT2D eigenvalue weighted by Gasteiger charge is -2.07. The van der Waals surface area contributed by atoms with Crippen molar-refractivity contribution in [2.75, 3.05) is 0 Å². The zero-order valence-corrected chi connectivity index (χ0v) is 18.4. The van der Waals surface area contributed by atoms with Crippen LogP contribution in [0.4, 0.5) is 0 Å². The minimum atomic E-state index is -0.808. The number of carbonyl (C=O) groups is 1. The van der Waals surface area contributed by atoms with Gasteiger partial charge in [-0.2, -0.15) is 5.10 Å². The Morgan fingerprint density at radius 2 is 1.71 bits per heavy atom. The molecule has 0 aliphatic rings. The fourth-order valence-corrected chi connectivity index (χ4v) is 3.82. The first-order chi connectivity index (χ1) is 16.7. The first-order valence-electron chi connectivity index (χ1n) is 11.1. The fraction of sp³-hybridized carbons (Fsp3) is 0.148. The third-order valence-corrected chi connectivity index (χ3v) is 5.51. The van der Waals surface area contributed by atoms with E-state index >= 15 is 0 Å². The smallest absolute Gasteiger partial charge is 0.303 e. The van der Waals surface area contributed by atoms with E-state index in [1.807, 2.05) is 83.5 Å². The molecule has 0 aliphatic heterocycles. The maximum atomic E-state index is 10.8. The lowest BCUT2D eigenvalue weighted by atomic mass is 10.1. The van der Waals surface area contributed by atoms with Gasteiger partial charge in [0.05, 0.1) is 11.7 Å². The second kappa shape index (κ2) is 9.62. The quantitative estimate of drug-likeness (QED) is 0.303. The predicted molar refractivity (Wildman–Crippen MR) is 128 cm³/mol. The first kappa shape index (κ1) is 21.5. The summed E-state index contributed by atoms with van der Waals surface area (Å²) in [6.07, 6.45) is 2.39. The van der Waals surface area contributed by atoms with Gasteiger partial charge in [-0.1, -0.05) is 48.5 Å². The van der Waals surface area contributed by atoms with Crippen molar-refractivity contribution in [3.63, 3.8) is 0 Å². The molecule has 0 radical (unpaired) electrons. The van der Waals surface area contributed by atoms with Crippen LogP contribution in [0.3, 0.4) is 0 Å². The SMILES string of the molecule is O=C(O)CCCn1ncc2ccc(OCc3nc(-c4ccccc4)oc3-c3ccccc3)cc21. The number of rotatable bonds is 9. The van der Waals surface area contributed by atoms with Crippen molar-refractivity contribution in [1.82, 2.24) is 14.8 Å². The molecule has 0 spiro atoms. The van der Waals surface area contributed by atoms with Gasteiger partial charge in [-0.25, -0.2) is 4.98 Å². The largest absolute Gasteiger partial charge is 0.487 e. The molecular formula is C27H23N3O4. The summed E-state index contributed by atoms with van der Waals surface area (Å²) in [5.74, 6) is 1.09. The number of nitrogens with zero attached hydrogens (tertiary/aromatic N) is 3. The van der Waals surface area contributed by atoms with Gasteiger partial charge in [-0.3, -0.25) is 9.48 Å². The molecule has 7 heteroatoms. The second-order valence-corrected chi connectivity index (χ2v) is 7.90. The Labute approximate surface area is 196 Å². The van der Waals surface area contributed by atoms with E-state index in [-0.39, 0.29) is 13.0 Å². The van der Waals surface area contributed by atoms with Crippen LogP contribution < -0.4 is 4.74 Å². The van der Waals surface area contributed by atoms with E-state index in [0.29, 0.717) is 36.1 Å². The van der Waals surface area contributed by atoms with Gasteiger partial charge in [-0.15, -0.1) is 0 Å². The van der Waals surface area contributed by atoms with Crippen molar-refractivity contribution in [2.45, 2.75) is 26.0 Å². The van der Waals surface area contributed by atoms with Crippen molar-refractivity contribution in [3.8, 4) is 28.5 Å². The zero-order chi connectivity index (χ0) is 23.3. The minimum Gasteiger partial charge on any atom is -0.487 e. The van der Waals surface area contributed by atoms with Crippen molar-refractivity contribution < 1.29 is 19.1 Å². The van der Waals surface area contributed by atoms with Crippen molar-refractivity contribution in [3.05, 3.63) is 90.8 Å². The molecule has 0 unspecified atom stereocenters. The summed E-state index contributed by atoms with van der Waals surface area (Å²) in [4.78, 5) is 15.6. The molecule has 5 rings (SSSR count). The van der Waals surface area contributed by atoms with E-state index in [4.69, 9.17) is 19.2 Å². The number of fused-ring (bicyclic) bond motifs is 1. The Balaban J connectivity index is 1.40. The van der Waals surface area contributed by atoms with Crippen LogP contribution in [0.2, 0.25) is 0 Å². The zero-order valence-electron chi connectivity index (χ0n) is 18.4. The van der Waals surface area contributed by atoms with Crippen LogP contribution in [0.25, 0.3) is 33.7 Å². The van der Waals surface area contributed by atoms with Crippen LogP contribution in [0.1, 0.15) is 18.5 Å². The van der Waals surface area contributed by atoms with Crippen molar-refractivity contribution in [2.24, 2.45) is 0 Å². The number of benzene rings is 3. The number of aromatic nitrogens is 3. The molecule has 3 aromatic carbocycles. The molecule has 2 aromatic heterocycles. The molecule has 1 N–H and O–H groups in total. The Morgan fingerprint density at radius 3 is 2.44 bits per heavy atom. The van der Waals surface area contributed by atoms with Gasteiger partial charge in [-0.05, 0) is 30.7 Å². The van der Waals surface area contributed by atoms with Crippen molar-refractivity contribution >= 4 is 16.9 Å². The Bertz CT molecular complexity index is 1410. The average molecular weight is 453 g/mol. The number of ether oxygens (including phenoxy) is 1. The maximum absolute atomic E-state index is 10.8. The van der Waals surface area contributed by atoms with Crippen LogP contribution in [-0.4, -0.2) is 25.8 Å². The Hall–Kier alpha value is -4.39. The highest BCUT2D eigenvalue weighted by atomic mass is 16.5. The average Bonchev–Trinajstić information content (AvgIpc) is 3.48. The summed E-state index contributed by atoms with van der Waals surface area (Å²) in [7, 11) is 0. The van der Waals surface area contributed by atoms with Crippen molar-refractivity contribution in [1.29, 1.82) is 0 Å². The van der Waals surface area contributed by atoms with Gasteiger partial charge >= 0.3 is 5.97 Å². The Kier molecular flexibility index (Phi) is 6.07. The number of aliphatic carboxylic acids is 1. The van der Waals surface area contributed by atoms with Gasteiger partial charge in [0.1, 0.15) is 18.1 Å². The topological polar surface area (TPSA) is 90.4 Å². The third-order valence-electron chi connectivity index (χ3n) is 5.51. The maximum Gasteiger partial charge on any atom is 0.303 e. The van der Waals surface area contributed by atoms with E-state index in [9.17, 15) is 4.79 Å². The summed E-state index contributed by atoms with van der Waals surface area (Å²) in [5.41, 5.74) is 3.44. The Morgan fingerprint density at radius 1 is 0.971 bits per heavy atom. The summed E-state index contributed by atoms with van der Waals surface area (Å²) >= 11 is 0. The highest BCUT2D eigenvalue weighted by Gasteiger charge is 2.17. The molecule has 0 amide bonds. The minimum absolute atomic E-state index is 0.107. The number of carboxylic acid groups (broad SMARTS) is 1. The molecule has 170 valence electrons. The van der Waals surface area contributed by atoms with Crippen LogP contribution in [0.15, 0.2) is 89.5 Å². The van der Waals surface area contributed by atoms with Crippen LogP contribution in [0, 0.1) is 0 Å². The number of oxazole rings is 1. The van der Waals surface area contributed by atoms with Gasteiger partial charge in [0.25, 0.3) is 0 Å². The molecular weight excluding hydrogens is 430 g/mol. The molecule has 34 heavy (non-hydrogen) atoms. The summed E-state index contributed by atoms with van der Waals surface area (Å²) in [6, 6.07) is 25.4. The lowest BCUT2D eigenvalue weighted by molar-refractivity contribution is -0.137. The van der Waals surface area contributed by atoms with E-state index in [0.717, 1.165) is 22.0 Å². The lowest BCUT2D eigenvalue weighted by Crippen LogP contribution is -2.03. The summed E-state index contributed by atoms with van der Waals surface area (Å²) in [6.45, 7) is 0.764. The highest BCUT2D eigenvalue weighted by Crippen LogP contribution is 2.31. The van der Waals surface area contributed by atoms with Crippen LogP contribution in [-0.2, 0) is 17.9 Å². The molecule has 0 saturated carbocycles. The van der Waals surface area contributed by atoms with Gasteiger partial charge in [0.2, 0.25) is 5.89 Å². The molecule has 0 bridgehead atoms. The van der Waals surface area contributed by atoms with Gasteiger partial charge < -0.3 is 14.3 Å². The first-order valence-corrected chi connectivity index (χ1v) is 11.1. The van der Waals surface area contributed by atoms with Crippen LogP contribution in [0.5, 0.6) is 5.75 Å². The predicted octanol–water partition coefficient (Wildman–Crippen LogP) is 5.80. The fourth-order valence-electron chi connectivity index (χ4n) is 3.82. The highest BCUT2D eigenvalue weighted by molar-refractivity contribution is 5.80. The molecule has 0 saturated heterocycles. The number of aryl methyl sites for hydroxylation is 1. The molecule has 0 atom stereocenters. The van der Waals surface area contributed by atoms with E-state index in [2.05, 4.69) is 5.10 Å². The van der Waals surface area contributed by atoms with Crippen LogP contribution >= 0.6 is 0 Å². The summed E-state index contributed by atoms with van der Waals surface area (Å²) < 4.78 is 14.1. The monoisotopic (exact) mass is 453 g/mol. The summed E-state index contributed by atoms with van der Waals surface area (Å²) in [5, 5.41) is 14.2. The molecule has 0 aliphatic carbocycles.